The number of carbonyl (C=O) groups excluding carboxylic acids is 3. The highest BCUT2D eigenvalue weighted by molar-refractivity contribution is 6.47. The zero-order valence-electron chi connectivity index (χ0n) is 16.0. The molecule has 2 aliphatic heterocycles. The van der Waals surface area contributed by atoms with Gasteiger partial charge in [0.15, 0.2) is 11.3 Å². The molecule has 1 N–H and O–H groups in total. The lowest BCUT2D eigenvalue weighted by Gasteiger charge is -2.26. The second-order valence-corrected chi connectivity index (χ2v) is 7.55. The number of ether oxygens (including phenoxy) is 1. The lowest BCUT2D eigenvalue weighted by Crippen LogP contribution is -2.48. The maximum absolute atomic E-state index is 13.7. The quantitative estimate of drug-likeness (QED) is 0.619. The van der Waals surface area contributed by atoms with Gasteiger partial charge < -0.3 is 4.74 Å². The van der Waals surface area contributed by atoms with Crippen LogP contribution in [-0.2, 0) is 24.7 Å². The number of benzene rings is 2. The lowest BCUT2D eigenvalue weighted by atomic mass is 9.79. The Morgan fingerprint density at radius 1 is 1.17 bits per heavy atom. The van der Waals surface area contributed by atoms with E-state index in [1.807, 2.05) is 26.0 Å². The molecule has 0 aliphatic carbocycles. The number of rotatable bonds is 3. The number of hydrogen-bond donors (Lipinski definition) is 1. The molecular weight excluding hydrogens is 394 g/mol. The van der Waals surface area contributed by atoms with Crippen LogP contribution in [0.25, 0.3) is 0 Å². The average molecular weight is 412 g/mol. The van der Waals surface area contributed by atoms with Crippen molar-refractivity contribution in [3.05, 3.63) is 64.2 Å². The molecule has 4 rings (SSSR count). The number of imide groups is 1. The van der Waals surface area contributed by atoms with Gasteiger partial charge in [-0.3, -0.25) is 15.0 Å². The molecule has 29 heavy (non-hydrogen) atoms. The minimum Gasteiger partial charge on any atom is -0.464 e. The van der Waals surface area contributed by atoms with Gasteiger partial charge in [0.2, 0.25) is 5.91 Å². The summed E-state index contributed by atoms with van der Waals surface area (Å²) in [5, 5.41) is 4.50. The third-order valence-electron chi connectivity index (χ3n) is 5.35. The molecule has 8 heteroatoms. The van der Waals surface area contributed by atoms with E-state index in [1.165, 1.54) is 7.11 Å². The van der Waals surface area contributed by atoms with E-state index in [0.717, 1.165) is 16.0 Å². The molecule has 0 radical (unpaired) electrons. The SMILES string of the molecule is COC(=O)C1=NN[C@]2(c3ccc(Cl)cc3)C(=O)N(c3ccc(C)cc3C)C(=O)[C@H]12. The average Bonchev–Trinajstić information content (AvgIpc) is 3.19. The van der Waals surface area contributed by atoms with Crippen LogP contribution >= 0.6 is 11.6 Å². The molecule has 0 aromatic heterocycles. The van der Waals surface area contributed by atoms with Crippen molar-refractivity contribution in [1.29, 1.82) is 0 Å². The maximum atomic E-state index is 13.7. The Morgan fingerprint density at radius 2 is 1.86 bits per heavy atom. The number of nitrogens with zero attached hydrogens (tertiary/aromatic N) is 2. The van der Waals surface area contributed by atoms with Crippen molar-refractivity contribution in [2.24, 2.45) is 11.0 Å². The van der Waals surface area contributed by atoms with Crippen molar-refractivity contribution in [2.45, 2.75) is 19.4 Å². The third kappa shape index (κ3) is 2.65. The number of fused-ring (bicyclic) bond motifs is 1. The van der Waals surface area contributed by atoms with E-state index < -0.39 is 29.2 Å². The molecule has 0 bridgehead atoms. The Bertz CT molecular complexity index is 1080. The van der Waals surface area contributed by atoms with Gasteiger partial charge in [0.1, 0.15) is 5.92 Å². The van der Waals surface area contributed by atoms with Gasteiger partial charge in [0, 0.05) is 5.02 Å². The molecule has 0 unspecified atom stereocenters. The van der Waals surface area contributed by atoms with Crippen molar-refractivity contribution in [3.8, 4) is 0 Å². The standard InChI is InChI=1S/C21H18ClN3O4/c1-11-4-9-15(12(2)10-11)25-18(26)16-17(19(27)29-3)23-24-21(16,20(25)28)13-5-7-14(22)8-6-13/h4-10,16,24H,1-3H3/t16-,21-/m0/s1. The summed E-state index contributed by atoms with van der Waals surface area (Å²) in [6, 6.07) is 12.0. The van der Waals surface area contributed by atoms with Crippen LogP contribution < -0.4 is 10.3 Å². The smallest absolute Gasteiger partial charge is 0.355 e. The fourth-order valence-electron chi connectivity index (χ4n) is 3.98. The summed E-state index contributed by atoms with van der Waals surface area (Å²) in [6.45, 7) is 3.76. The second-order valence-electron chi connectivity index (χ2n) is 7.12. The molecule has 1 fully saturated rings. The minimum absolute atomic E-state index is 0.131. The van der Waals surface area contributed by atoms with E-state index in [0.29, 0.717) is 16.3 Å². The Morgan fingerprint density at radius 3 is 2.48 bits per heavy atom. The number of aryl methyl sites for hydroxylation is 2. The molecule has 2 aliphatic rings. The molecule has 0 spiro atoms. The number of hydrogen-bond acceptors (Lipinski definition) is 6. The molecular formula is C21H18ClN3O4. The number of amides is 2. The summed E-state index contributed by atoms with van der Waals surface area (Å²) in [6.07, 6.45) is 0. The maximum Gasteiger partial charge on any atom is 0.355 e. The largest absolute Gasteiger partial charge is 0.464 e. The predicted molar refractivity (Wildman–Crippen MR) is 108 cm³/mol. The number of anilines is 1. The van der Waals surface area contributed by atoms with E-state index in [2.05, 4.69) is 10.5 Å². The summed E-state index contributed by atoms with van der Waals surface area (Å²) in [7, 11) is 1.20. The molecule has 2 aromatic rings. The molecule has 1 saturated heterocycles. The van der Waals surface area contributed by atoms with E-state index in [9.17, 15) is 14.4 Å². The summed E-state index contributed by atoms with van der Waals surface area (Å²) < 4.78 is 4.79. The molecule has 2 atom stereocenters. The van der Waals surface area contributed by atoms with Crippen LogP contribution in [-0.4, -0.2) is 30.6 Å². The van der Waals surface area contributed by atoms with Gasteiger partial charge in [-0.15, -0.1) is 0 Å². The topological polar surface area (TPSA) is 88.1 Å². The first-order chi connectivity index (χ1) is 13.8. The van der Waals surface area contributed by atoms with E-state index in [-0.39, 0.29) is 5.71 Å². The second kappa shape index (κ2) is 6.70. The van der Waals surface area contributed by atoms with E-state index in [1.54, 1.807) is 30.3 Å². The first-order valence-corrected chi connectivity index (χ1v) is 9.34. The van der Waals surface area contributed by atoms with Crippen LogP contribution in [0.1, 0.15) is 16.7 Å². The van der Waals surface area contributed by atoms with Crippen LogP contribution in [0, 0.1) is 19.8 Å². The molecule has 0 saturated carbocycles. The van der Waals surface area contributed by atoms with Gasteiger partial charge >= 0.3 is 5.97 Å². The van der Waals surface area contributed by atoms with Gasteiger partial charge in [-0.1, -0.05) is 41.4 Å². The fraction of sp³-hybridized carbons (Fsp3) is 0.238. The molecule has 2 aromatic carbocycles. The number of nitrogens with one attached hydrogen (secondary N) is 1. The summed E-state index contributed by atoms with van der Waals surface area (Å²) >= 11 is 6.00. The normalized spacial score (nSPS) is 23.0. The highest BCUT2D eigenvalue weighted by Gasteiger charge is 2.67. The van der Waals surface area contributed by atoms with Crippen LogP contribution in [0.4, 0.5) is 5.69 Å². The fourth-order valence-corrected chi connectivity index (χ4v) is 4.11. The van der Waals surface area contributed by atoms with Crippen molar-refractivity contribution in [3.63, 3.8) is 0 Å². The highest BCUT2D eigenvalue weighted by Crippen LogP contribution is 2.45. The zero-order valence-corrected chi connectivity index (χ0v) is 16.8. The van der Waals surface area contributed by atoms with Gasteiger partial charge in [-0.05, 0) is 43.2 Å². The predicted octanol–water partition coefficient (Wildman–Crippen LogP) is 2.47. The Kier molecular flexibility index (Phi) is 4.42. The zero-order chi connectivity index (χ0) is 20.9. The monoisotopic (exact) mass is 411 g/mol. The van der Waals surface area contributed by atoms with E-state index in [4.69, 9.17) is 16.3 Å². The van der Waals surface area contributed by atoms with E-state index >= 15 is 0 Å². The Hall–Kier alpha value is -3.19. The molecule has 7 nitrogen and oxygen atoms in total. The number of carbonyl (C=O) groups is 3. The first kappa shape index (κ1) is 19.1. The highest BCUT2D eigenvalue weighted by atomic mass is 35.5. The van der Waals surface area contributed by atoms with Crippen LogP contribution in [0.2, 0.25) is 5.02 Å². The van der Waals surface area contributed by atoms with Crippen LogP contribution in [0.15, 0.2) is 47.6 Å². The minimum atomic E-state index is -1.54. The van der Waals surface area contributed by atoms with Gasteiger partial charge in [-0.25, -0.2) is 9.69 Å². The van der Waals surface area contributed by atoms with Gasteiger partial charge in [0.25, 0.3) is 5.91 Å². The van der Waals surface area contributed by atoms with Crippen molar-refractivity contribution in [2.75, 3.05) is 12.0 Å². The number of methoxy groups -OCH3 is 1. The number of hydrazone groups is 1. The van der Waals surface area contributed by atoms with Crippen LogP contribution in [0.3, 0.4) is 0 Å². The Labute approximate surface area is 172 Å². The van der Waals surface area contributed by atoms with Gasteiger partial charge in [0.05, 0.1) is 12.8 Å². The third-order valence-corrected chi connectivity index (χ3v) is 5.61. The molecule has 148 valence electrons. The summed E-state index contributed by atoms with van der Waals surface area (Å²) in [5.74, 6) is -2.96. The molecule has 2 heterocycles. The number of esters is 1. The first-order valence-electron chi connectivity index (χ1n) is 8.96. The van der Waals surface area contributed by atoms with Crippen molar-refractivity contribution in [1.82, 2.24) is 5.43 Å². The lowest BCUT2D eigenvalue weighted by molar-refractivity contribution is -0.133. The summed E-state index contributed by atoms with van der Waals surface area (Å²) in [4.78, 5) is 40.6. The van der Waals surface area contributed by atoms with Crippen LogP contribution in [0.5, 0.6) is 0 Å². The number of halogens is 1. The molecule has 2 amide bonds. The summed E-state index contributed by atoms with van der Waals surface area (Å²) in [5.41, 5.74) is 3.84. The van der Waals surface area contributed by atoms with Gasteiger partial charge in [-0.2, -0.15) is 5.10 Å². The van der Waals surface area contributed by atoms with Crippen molar-refractivity contribution < 1.29 is 19.1 Å². The van der Waals surface area contributed by atoms with Crippen molar-refractivity contribution >= 4 is 40.8 Å². The Balaban J connectivity index is 1.91.